The first-order valence-corrected chi connectivity index (χ1v) is 6.55. The van der Waals surface area contributed by atoms with Crippen molar-refractivity contribution >= 4 is 11.6 Å². The molecule has 0 spiro atoms. The van der Waals surface area contributed by atoms with E-state index in [-0.39, 0.29) is 0 Å². The summed E-state index contributed by atoms with van der Waals surface area (Å²) in [6.07, 6.45) is 0. The largest absolute Gasteiger partial charge is 0.0843 e. The Hall–Kier alpha value is -2.05. The van der Waals surface area contributed by atoms with Crippen molar-refractivity contribution in [1.29, 1.82) is 0 Å². The Morgan fingerprint density at radius 3 is 1.26 bits per heavy atom. The van der Waals surface area contributed by atoms with Crippen LogP contribution < -0.4 is 0 Å². The van der Waals surface area contributed by atoms with Crippen molar-refractivity contribution in [2.75, 3.05) is 0 Å². The smallest absolute Gasteiger partial charge is 0.0406 e. The molecule has 0 amide bonds. The SMILES string of the molecule is Clc1ccc(-c2ccccc2)cc1.c1ccccc1. The van der Waals surface area contributed by atoms with E-state index in [0.717, 1.165) is 5.02 Å². The molecule has 0 bridgehead atoms. The zero-order valence-electron chi connectivity index (χ0n) is 10.5. The zero-order chi connectivity index (χ0) is 13.3. The first-order chi connectivity index (χ1) is 9.36. The molecule has 0 atom stereocenters. The first kappa shape index (κ1) is 13.4. The van der Waals surface area contributed by atoms with Crippen molar-refractivity contribution in [1.82, 2.24) is 0 Å². The van der Waals surface area contributed by atoms with Gasteiger partial charge in [-0.1, -0.05) is 90.5 Å². The van der Waals surface area contributed by atoms with Crippen molar-refractivity contribution in [2.45, 2.75) is 0 Å². The third-order valence-electron chi connectivity index (χ3n) is 2.62. The van der Waals surface area contributed by atoms with Gasteiger partial charge in [-0.2, -0.15) is 0 Å². The molecule has 19 heavy (non-hydrogen) atoms. The van der Waals surface area contributed by atoms with Gasteiger partial charge in [0.25, 0.3) is 0 Å². The Balaban J connectivity index is 0.000000186. The maximum atomic E-state index is 5.80. The lowest BCUT2D eigenvalue weighted by Crippen LogP contribution is -1.74. The zero-order valence-corrected chi connectivity index (χ0v) is 11.3. The van der Waals surface area contributed by atoms with Gasteiger partial charge in [0.15, 0.2) is 0 Å². The lowest BCUT2D eigenvalue weighted by atomic mass is 10.1. The predicted molar refractivity (Wildman–Crippen MR) is 83.3 cm³/mol. The molecule has 3 aromatic rings. The Bertz CT molecular complexity index is 544. The van der Waals surface area contributed by atoms with Gasteiger partial charge in [-0.3, -0.25) is 0 Å². The lowest BCUT2D eigenvalue weighted by molar-refractivity contribution is 1.62. The molecule has 0 saturated heterocycles. The Kier molecular flexibility index (Phi) is 5.21. The van der Waals surface area contributed by atoms with Gasteiger partial charge in [0.05, 0.1) is 0 Å². The van der Waals surface area contributed by atoms with E-state index >= 15 is 0 Å². The summed E-state index contributed by atoms with van der Waals surface area (Å²) in [4.78, 5) is 0. The van der Waals surface area contributed by atoms with Crippen LogP contribution >= 0.6 is 11.6 Å². The highest BCUT2D eigenvalue weighted by atomic mass is 35.5. The van der Waals surface area contributed by atoms with Crippen LogP contribution in [0.5, 0.6) is 0 Å². The predicted octanol–water partition coefficient (Wildman–Crippen LogP) is 5.69. The Morgan fingerprint density at radius 2 is 0.789 bits per heavy atom. The molecule has 0 aliphatic carbocycles. The van der Waals surface area contributed by atoms with Crippen LogP contribution in [0.15, 0.2) is 91.0 Å². The molecule has 0 aromatic heterocycles. The van der Waals surface area contributed by atoms with E-state index in [0.29, 0.717) is 0 Å². The van der Waals surface area contributed by atoms with Gasteiger partial charge in [-0.25, -0.2) is 0 Å². The quantitative estimate of drug-likeness (QED) is 0.530. The van der Waals surface area contributed by atoms with Crippen LogP contribution in [0.1, 0.15) is 0 Å². The molecule has 0 N–H and O–H groups in total. The van der Waals surface area contributed by atoms with Gasteiger partial charge in [0, 0.05) is 5.02 Å². The van der Waals surface area contributed by atoms with Gasteiger partial charge >= 0.3 is 0 Å². The molecule has 1 heteroatoms. The highest BCUT2D eigenvalue weighted by molar-refractivity contribution is 6.30. The minimum Gasteiger partial charge on any atom is -0.0843 e. The molecule has 0 unspecified atom stereocenters. The van der Waals surface area contributed by atoms with Crippen molar-refractivity contribution in [3.8, 4) is 11.1 Å². The van der Waals surface area contributed by atoms with Crippen molar-refractivity contribution in [2.24, 2.45) is 0 Å². The molecular weight excluding hydrogens is 252 g/mol. The normalized spacial score (nSPS) is 9.32. The second kappa shape index (κ2) is 7.40. The van der Waals surface area contributed by atoms with Crippen LogP contribution in [0.3, 0.4) is 0 Å². The summed E-state index contributed by atoms with van der Waals surface area (Å²) >= 11 is 5.80. The van der Waals surface area contributed by atoms with Crippen LogP contribution in [-0.4, -0.2) is 0 Å². The number of hydrogen-bond acceptors (Lipinski definition) is 0. The summed E-state index contributed by atoms with van der Waals surface area (Å²) in [5.74, 6) is 0. The summed E-state index contributed by atoms with van der Waals surface area (Å²) in [6, 6.07) is 30.1. The molecule has 3 aromatic carbocycles. The molecule has 94 valence electrons. The van der Waals surface area contributed by atoms with Gasteiger partial charge in [-0.05, 0) is 23.3 Å². The van der Waals surface area contributed by atoms with Crippen LogP contribution in [0.25, 0.3) is 11.1 Å². The van der Waals surface area contributed by atoms with Crippen LogP contribution in [0.2, 0.25) is 5.02 Å². The molecule has 3 rings (SSSR count). The van der Waals surface area contributed by atoms with E-state index in [1.807, 2.05) is 78.9 Å². The third-order valence-corrected chi connectivity index (χ3v) is 2.87. The third kappa shape index (κ3) is 4.61. The fraction of sp³-hybridized carbons (Fsp3) is 0. The van der Waals surface area contributed by atoms with Gasteiger partial charge < -0.3 is 0 Å². The summed E-state index contributed by atoms with van der Waals surface area (Å²) in [5.41, 5.74) is 2.42. The van der Waals surface area contributed by atoms with Crippen LogP contribution in [0.4, 0.5) is 0 Å². The fourth-order valence-electron chi connectivity index (χ4n) is 1.66. The molecule has 0 aliphatic heterocycles. The topological polar surface area (TPSA) is 0 Å². The van der Waals surface area contributed by atoms with Crippen LogP contribution in [0, 0.1) is 0 Å². The minimum absolute atomic E-state index is 0.777. The highest BCUT2D eigenvalue weighted by Crippen LogP contribution is 2.20. The highest BCUT2D eigenvalue weighted by Gasteiger charge is 1.94. The molecule has 0 nitrogen and oxygen atoms in total. The van der Waals surface area contributed by atoms with Gasteiger partial charge in [-0.15, -0.1) is 0 Å². The maximum Gasteiger partial charge on any atom is 0.0406 e. The molecule has 0 radical (unpaired) electrons. The average molecular weight is 267 g/mol. The van der Waals surface area contributed by atoms with E-state index in [2.05, 4.69) is 12.1 Å². The summed E-state index contributed by atoms with van der Waals surface area (Å²) in [6.45, 7) is 0. The van der Waals surface area contributed by atoms with Crippen molar-refractivity contribution in [3.63, 3.8) is 0 Å². The van der Waals surface area contributed by atoms with E-state index in [1.165, 1.54) is 11.1 Å². The number of hydrogen-bond donors (Lipinski definition) is 0. The molecule has 0 fully saturated rings. The number of halogens is 1. The minimum atomic E-state index is 0.777. The lowest BCUT2D eigenvalue weighted by Gasteiger charge is -2.00. The van der Waals surface area contributed by atoms with E-state index in [4.69, 9.17) is 11.6 Å². The molecule has 0 heterocycles. The standard InChI is InChI=1S/C12H9Cl.C6H6/c13-12-8-6-11(7-9-12)10-4-2-1-3-5-10;1-2-4-6-5-3-1/h1-9H;1-6H. The van der Waals surface area contributed by atoms with Crippen LogP contribution in [-0.2, 0) is 0 Å². The van der Waals surface area contributed by atoms with E-state index in [1.54, 1.807) is 0 Å². The fourth-order valence-corrected chi connectivity index (χ4v) is 1.78. The van der Waals surface area contributed by atoms with E-state index in [9.17, 15) is 0 Å². The molecule has 0 saturated carbocycles. The first-order valence-electron chi connectivity index (χ1n) is 6.17. The van der Waals surface area contributed by atoms with Gasteiger partial charge in [0.1, 0.15) is 0 Å². The monoisotopic (exact) mass is 266 g/mol. The summed E-state index contributed by atoms with van der Waals surface area (Å²) in [5, 5.41) is 0.777. The van der Waals surface area contributed by atoms with Gasteiger partial charge in [0.2, 0.25) is 0 Å². The average Bonchev–Trinajstić information content (AvgIpc) is 2.51. The molecular formula is C18H15Cl. The summed E-state index contributed by atoms with van der Waals surface area (Å²) < 4.78 is 0. The second-order valence-corrected chi connectivity index (χ2v) is 4.46. The Morgan fingerprint density at radius 1 is 0.421 bits per heavy atom. The number of rotatable bonds is 1. The van der Waals surface area contributed by atoms with Crippen molar-refractivity contribution < 1.29 is 0 Å². The van der Waals surface area contributed by atoms with E-state index < -0.39 is 0 Å². The number of benzene rings is 3. The maximum absolute atomic E-state index is 5.80. The van der Waals surface area contributed by atoms with Crippen molar-refractivity contribution in [3.05, 3.63) is 96.0 Å². The second-order valence-electron chi connectivity index (χ2n) is 4.03. The Labute approximate surface area is 119 Å². The summed E-state index contributed by atoms with van der Waals surface area (Å²) in [7, 11) is 0. The molecule has 0 aliphatic rings.